The summed E-state index contributed by atoms with van der Waals surface area (Å²) in [4.78, 5) is 2.37. The van der Waals surface area contributed by atoms with Gasteiger partial charge in [0.2, 0.25) is 10.0 Å². The van der Waals surface area contributed by atoms with Gasteiger partial charge >= 0.3 is 0 Å². The van der Waals surface area contributed by atoms with Crippen LogP contribution >= 0.6 is 0 Å². The summed E-state index contributed by atoms with van der Waals surface area (Å²) in [5, 5.41) is 0. The Balaban J connectivity index is 1.39. The van der Waals surface area contributed by atoms with E-state index >= 15 is 0 Å². The second-order valence-corrected chi connectivity index (χ2v) is 8.87. The maximum atomic E-state index is 12.1. The van der Waals surface area contributed by atoms with Crippen molar-refractivity contribution in [3.8, 4) is 0 Å². The van der Waals surface area contributed by atoms with E-state index in [-0.39, 0.29) is 0 Å². The van der Waals surface area contributed by atoms with Crippen molar-refractivity contribution in [2.75, 3.05) is 31.9 Å². The number of nitrogens with zero attached hydrogens (tertiary/aromatic N) is 1. The first-order chi connectivity index (χ1) is 11.1. The molecule has 5 heteroatoms. The summed E-state index contributed by atoms with van der Waals surface area (Å²) in [5.41, 5.74) is 1.40. The van der Waals surface area contributed by atoms with Gasteiger partial charge < -0.3 is 4.90 Å². The number of nitrogens with one attached hydrogen (secondary N) is 1. The Hall–Kier alpha value is -0.910. The largest absolute Gasteiger partial charge is 0.301 e. The summed E-state index contributed by atoms with van der Waals surface area (Å²) >= 11 is 0. The zero-order valence-electron chi connectivity index (χ0n) is 13.8. The summed E-state index contributed by atoms with van der Waals surface area (Å²) in [5.74, 6) is 1.28. The predicted octanol–water partition coefficient (Wildman–Crippen LogP) is 2.59. The average molecular weight is 337 g/mol. The van der Waals surface area contributed by atoms with Gasteiger partial charge in [0.25, 0.3) is 0 Å². The molecule has 1 N–H and O–H groups in total. The van der Waals surface area contributed by atoms with Gasteiger partial charge in [0.1, 0.15) is 0 Å². The second kappa shape index (κ2) is 7.77. The molecule has 1 aliphatic carbocycles. The highest BCUT2D eigenvalue weighted by atomic mass is 32.2. The van der Waals surface area contributed by atoms with Gasteiger partial charge in [-0.3, -0.25) is 0 Å². The highest BCUT2D eigenvalue weighted by Crippen LogP contribution is 2.27. The van der Waals surface area contributed by atoms with E-state index in [2.05, 4.69) is 40.0 Å². The van der Waals surface area contributed by atoms with Crippen molar-refractivity contribution < 1.29 is 8.42 Å². The van der Waals surface area contributed by atoms with Crippen molar-refractivity contribution >= 4 is 10.0 Å². The highest BCUT2D eigenvalue weighted by Gasteiger charge is 2.25. The summed E-state index contributed by atoms with van der Waals surface area (Å²) in [6.07, 6.45) is 5.69. The Morgan fingerprint density at radius 3 is 2.57 bits per heavy atom. The third-order valence-corrected chi connectivity index (χ3v) is 6.78. The number of likely N-dealkylation sites (tertiary alicyclic amines) is 1. The molecule has 0 aromatic heterocycles. The molecular weight excluding hydrogens is 308 g/mol. The molecule has 0 radical (unpaired) electrons. The Morgan fingerprint density at radius 1 is 1.09 bits per heavy atom. The van der Waals surface area contributed by atoms with E-state index in [4.69, 9.17) is 0 Å². The summed E-state index contributed by atoms with van der Waals surface area (Å²) in [6.45, 7) is 3.45. The first-order valence-electron chi connectivity index (χ1n) is 8.87. The Kier molecular flexibility index (Phi) is 5.72. The van der Waals surface area contributed by atoms with Gasteiger partial charge in [0.05, 0.1) is 5.75 Å². The number of benzene rings is 1. The van der Waals surface area contributed by atoms with Crippen molar-refractivity contribution in [1.29, 1.82) is 0 Å². The molecule has 0 spiro atoms. The molecule has 23 heavy (non-hydrogen) atoms. The lowest BCUT2D eigenvalue weighted by atomic mass is 9.99. The third kappa shape index (κ3) is 5.03. The van der Waals surface area contributed by atoms with Crippen LogP contribution in [0, 0.1) is 5.92 Å². The Morgan fingerprint density at radius 2 is 1.83 bits per heavy atom. The zero-order chi connectivity index (χ0) is 16.1. The maximum absolute atomic E-state index is 12.1. The molecule has 2 aliphatic rings. The van der Waals surface area contributed by atoms with Crippen molar-refractivity contribution in [2.24, 2.45) is 5.92 Å². The molecule has 2 fully saturated rings. The van der Waals surface area contributed by atoms with Crippen molar-refractivity contribution in [1.82, 2.24) is 9.62 Å². The zero-order valence-corrected chi connectivity index (χ0v) is 14.6. The maximum Gasteiger partial charge on any atom is 0.211 e. The van der Waals surface area contributed by atoms with Gasteiger partial charge in [-0.2, -0.15) is 0 Å². The van der Waals surface area contributed by atoms with Crippen molar-refractivity contribution in [3.63, 3.8) is 0 Å². The van der Waals surface area contributed by atoms with E-state index in [1.54, 1.807) is 0 Å². The fraction of sp³-hybridized carbons (Fsp3) is 0.667. The van der Waals surface area contributed by atoms with Crippen LogP contribution in [0.15, 0.2) is 30.3 Å². The van der Waals surface area contributed by atoms with Crippen LogP contribution in [0.3, 0.4) is 0 Å². The fourth-order valence-corrected chi connectivity index (χ4v) is 5.41. The quantitative estimate of drug-likeness (QED) is 0.832. The lowest BCUT2D eigenvalue weighted by molar-refractivity contribution is 0.339. The van der Waals surface area contributed by atoms with Gasteiger partial charge in [0, 0.05) is 19.6 Å². The molecule has 1 saturated heterocycles. The molecule has 4 nitrogen and oxygen atoms in total. The number of sulfonamides is 1. The molecule has 1 aromatic carbocycles. The molecule has 0 amide bonds. The molecule has 0 bridgehead atoms. The van der Waals surface area contributed by atoms with Crippen molar-refractivity contribution in [3.05, 3.63) is 35.9 Å². The van der Waals surface area contributed by atoms with Gasteiger partial charge in [-0.25, -0.2) is 13.1 Å². The monoisotopic (exact) mass is 336 g/mol. The Labute approximate surface area is 140 Å². The van der Waals surface area contributed by atoms with Gasteiger partial charge in [-0.1, -0.05) is 43.2 Å². The van der Waals surface area contributed by atoms with E-state index in [9.17, 15) is 8.42 Å². The van der Waals surface area contributed by atoms with Crippen LogP contribution in [0.4, 0.5) is 0 Å². The highest BCUT2D eigenvalue weighted by molar-refractivity contribution is 7.89. The topological polar surface area (TPSA) is 49.4 Å². The molecule has 1 aliphatic heterocycles. The smallest absolute Gasteiger partial charge is 0.211 e. The lowest BCUT2D eigenvalue weighted by Crippen LogP contribution is -2.36. The molecule has 1 heterocycles. The van der Waals surface area contributed by atoms with E-state index in [1.807, 2.05) is 0 Å². The molecule has 3 rings (SSSR count). The predicted molar refractivity (Wildman–Crippen MR) is 94.0 cm³/mol. The van der Waals surface area contributed by atoms with E-state index in [1.165, 1.54) is 24.8 Å². The first kappa shape index (κ1) is 16.9. The van der Waals surface area contributed by atoms with Crippen LogP contribution in [0.5, 0.6) is 0 Å². The van der Waals surface area contributed by atoms with Crippen LogP contribution in [0.2, 0.25) is 0 Å². The standard InChI is InChI=1S/C18H28N2O2S/c21-23(22,15-16-6-4-5-7-16)19-11-13-20-12-10-18(14-20)17-8-2-1-3-9-17/h1-3,8-9,16,18-19H,4-7,10-15H2. The second-order valence-electron chi connectivity index (χ2n) is 7.02. The van der Waals surface area contributed by atoms with E-state index in [0.717, 1.165) is 32.5 Å². The molecule has 1 unspecified atom stereocenters. The van der Waals surface area contributed by atoms with E-state index < -0.39 is 10.0 Å². The number of hydrogen-bond acceptors (Lipinski definition) is 3. The Bertz CT molecular complexity index is 582. The molecule has 1 saturated carbocycles. The van der Waals surface area contributed by atoms with Gasteiger partial charge in [0.15, 0.2) is 0 Å². The fourth-order valence-electron chi connectivity index (χ4n) is 3.94. The number of hydrogen-bond donors (Lipinski definition) is 1. The normalized spacial score (nSPS) is 23.6. The number of rotatable bonds is 7. The van der Waals surface area contributed by atoms with Crippen LogP contribution in [0.1, 0.15) is 43.6 Å². The summed E-state index contributed by atoms with van der Waals surface area (Å²) < 4.78 is 27.0. The van der Waals surface area contributed by atoms with Crippen LogP contribution in [-0.2, 0) is 10.0 Å². The minimum absolute atomic E-state index is 0.319. The average Bonchev–Trinajstić information content (AvgIpc) is 3.19. The molecule has 1 atom stereocenters. The minimum Gasteiger partial charge on any atom is -0.301 e. The van der Waals surface area contributed by atoms with E-state index in [0.29, 0.717) is 24.1 Å². The third-order valence-electron chi connectivity index (χ3n) is 5.22. The van der Waals surface area contributed by atoms with Gasteiger partial charge in [-0.05, 0) is 43.2 Å². The molecule has 1 aromatic rings. The van der Waals surface area contributed by atoms with Crippen LogP contribution in [-0.4, -0.2) is 45.2 Å². The molecular formula is C18H28N2O2S. The van der Waals surface area contributed by atoms with Gasteiger partial charge in [-0.15, -0.1) is 0 Å². The first-order valence-corrected chi connectivity index (χ1v) is 10.5. The summed E-state index contributed by atoms with van der Waals surface area (Å²) in [7, 11) is -3.10. The SMILES string of the molecule is O=S(=O)(CC1CCCC1)NCCN1CCC(c2ccccc2)C1. The lowest BCUT2D eigenvalue weighted by Gasteiger charge is -2.17. The summed E-state index contributed by atoms with van der Waals surface area (Å²) in [6, 6.07) is 10.6. The van der Waals surface area contributed by atoms with Crippen LogP contribution in [0.25, 0.3) is 0 Å². The van der Waals surface area contributed by atoms with Crippen molar-refractivity contribution in [2.45, 2.75) is 38.0 Å². The molecule has 128 valence electrons. The minimum atomic E-state index is -3.10. The van der Waals surface area contributed by atoms with Crippen LogP contribution < -0.4 is 4.72 Å².